The fraction of sp³-hybridized carbons (Fsp3) is 0.533. The molecule has 8 heteroatoms. The molecule has 1 atom stereocenters. The minimum Gasteiger partial charge on any atom is -0.372 e. The van der Waals surface area contributed by atoms with Crippen LogP contribution in [0.3, 0.4) is 0 Å². The van der Waals surface area contributed by atoms with Crippen molar-refractivity contribution in [2.24, 2.45) is 5.92 Å². The fourth-order valence-electron chi connectivity index (χ4n) is 3.02. The van der Waals surface area contributed by atoms with Gasteiger partial charge in [-0.15, -0.1) is 21.5 Å². The van der Waals surface area contributed by atoms with Crippen LogP contribution in [-0.2, 0) is 17.8 Å². The number of aromatic nitrogens is 4. The van der Waals surface area contributed by atoms with Gasteiger partial charge in [0, 0.05) is 11.3 Å². The Balaban J connectivity index is 2.01. The van der Waals surface area contributed by atoms with Gasteiger partial charge in [-0.3, -0.25) is 0 Å². The van der Waals surface area contributed by atoms with Gasteiger partial charge in [0.1, 0.15) is 4.83 Å². The van der Waals surface area contributed by atoms with Gasteiger partial charge in [0.25, 0.3) is 0 Å². The van der Waals surface area contributed by atoms with Gasteiger partial charge in [-0.1, -0.05) is 37.4 Å². The van der Waals surface area contributed by atoms with E-state index in [0.29, 0.717) is 12.5 Å². The number of rotatable bonds is 3. The Kier molecular flexibility index (Phi) is 4.03. The molecule has 0 spiro atoms. The molecule has 0 saturated heterocycles. The van der Waals surface area contributed by atoms with Crippen LogP contribution >= 0.6 is 34.9 Å². The second kappa shape index (κ2) is 5.91. The average Bonchev–Trinajstić information content (AvgIpc) is 3.13. The van der Waals surface area contributed by atoms with Crippen LogP contribution in [0.2, 0.25) is 0 Å². The van der Waals surface area contributed by atoms with Gasteiger partial charge >= 0.3 is 0 Å². The van der Waals surface area contributed by atoms with Crippen LogP contribution < -0.4 is 0 Å². The van der Waals surface area contributed by atoms with E-state index in [4.69, 9.17) is 9.72 Å². The second-order valence-corrected chi connectivity index (χ2v) is 8.56. The van der Waals surface area contributed by atoms with Crippen LogP contribution in [0.1, 0.15) is 24.3 Å². The fourth-order valence-corrected chi connectivity index (χ4v) is 5.27. The van der Waals surface area contributed by atoms with E-state index in [1.165, 1.54) is 15.8 Å². The lowest BCUT2D eigenvalue weighted by atomic mass is 9.96. The molecule has 3 aromatic heterocycles. The summed E-state index contributed by atoms with van der Waals surface area (Å²) in [6.07, 6.45) is 5.27. The predicted molar refractivity (Wildman–Crippen MR) is 96.8 cm³/mol. The Bertz CT molecular complexity index is 886. The number of ether oxygens (including phenoxy) is 1. The van der Waals surface area contributed by atoms with Crippen molar-refractivity contribution in [2.45, 2.75) is 43.3 Å². The predicted octanol–water partition coefficient (Wildman–Crippen LogP) is 3.88. The highest BCUT2D eigenvalue weighted by atomic mass is 32.2. The zero-order valence-corrected chi connectivity index (χ0v) is 15.9. The number of fused-ring (bicyclic) bond motifs is 5. The number of hydrogen-bond donors (Lipinski definition) is 0. The molecule has 1 aliphatic rings. The molecular weight excluding hydrogens is 348 g/mol. The van der Waals surface area contributed by atoms with Crippen molar-refractivity contribution in [1.29, 1.82) is 0 Å². The highest BCUT2D eigenvalue weighted by Gasteiger charge is 2.28. The summed E-state index contributed by atoms with van der Waals surface area (Å²) in [6, 6.07) is 0. The van der Waals surface area contributed by atoms with Crippen LogP contribution in [0.4, 0.5) is 0 Å². The van der Waals surface area contributed by atoms with Gasteiger partial charge in [-0.25, -0.2) is 9.38 Å². The van der Waals surface area contributed by atoms with Crippen molar-refractivity contribution in [3.05, 3.63) is 10.4 Å². The van der Waals surface area contributed by atoms with E-state index in [-0.39, 0.29) is 6.10 Å². The third-order valence-corrected chi connectivity index (χ3v) is 6.63. The molecule has 1 unspecified atom stereocenters. The molecule has 0 aliphatic carbocycles. The Morgan fingerprint density at radius 1 is 1.22 bits per heavy atom. The second-order valence-electron chi connectivity index (χ2n) is 5.93. The maximum Gasteiger partial charge on any atom is 0.197 e. The van der Waals surface area contributed by atoms with Crippen molar-refractivity contribution in [3.8, 4) is 0 Å². The smallest absolute Gasteiger partial charge is 0.197 e. The van der Waals surface area contributed by atoms with E-state index in [1.54, 1.807) is 34.9 Å². The summed E-state index contributed by atoms with van der Waals surface area (Å²) in [7, 11) is 0. The molecule has 0 aromatic carbocycles. The zero-order chi connectivity index (χ0) is 16.1. The maximum absolute atomic E-state index is 6.02. The lowest BCUT2D eigenvalue weighted by molar-refractivity contribution is 0.00203. The number of hydrogen-bond acceptors (Lipinski definition) is 7. The lowest BCUT2D eigenvalue weighted by Gasteiger charge is -2.26. The van der Waals surface area contributed by atoms with Gasteiger partial charge in [-0.2, -0.15) is 0 Å². The van der Waals surface area contributed by atoms with E-state index >= 15 is 0 Å². The van der Waals surface area contributed by atoms with Crippen molar-refractivity contribution in [2.75, 3.05) is 12.5 Å². The minimum absolute atomic E-state index is 0.267. The third-order valence-electron chi connectivity index (χ3n) is 4.26. The zero-order valence-electron chi connectivity index (χ0n) is 13.5. The summed E-state index contributed by atoms with van der Waals surface area (Å²) in [6.45, 7) is 5.11. The van der Waals surface area contributed by atoms with Crippen molar-refractivity contribution < 1.29 is 4.74 Å². The van der Waals surface area contributed by atoms with E-state index < -0.39 is 0 Å². The number of thiophene rings is 1. The molecule has 0 bridgehead atoms. The first-order valence-corrected chi connectivity index (χ1v) is 10.8. The average molecular weight is 367 g/mol. The van der Waals surface area contributed by atoms with Crippen LogP contribution in [0.5, 0.6) is 0 Å². The molecule has 0 amide bonds. The van der Waals surface area contributed by atoms with Gasteiger partial charge in [0.2, 0.25) is 0 Å². The summed E-state index contributed by atoms with van der Waals surface area (Å²) >= 11 is 4.97. The SMILES string of the molecule is CSc1nnc2c3c4c(sc3nc(SC)n12)COC(C(C)C)C4. The first-order valence-electron chi connectivity index (χ1n) is 7.53. The van der Waals surface area contributed by atoms with Gasteiger partial charge < -0.3 is 4.74 Å². The van der Waals surface area contributed by atoms with Crippen molar-refractivity contribution >= 4 is 50.7 Å². The van der Waals surface area contributed by atoms with Crippen LogP contribution in [0.15, 0.2) is 10.3 Å². The summed E-state index contributed by atoms with van der Waals surface area (Å²) < 4.78 is 8.11. The van der Waals surface area contributed by atoms with E-state index in [2.05, 4.69) is 28.4 Å². The molecule has 4 rings (SSSR count). The minimum atomic E-state index is 0.267. The molecule has 0 fully saturated rings. The molecule has 5 nitrogen and oxygen atoms in total. The number of nitrogens with zero attached hydrogens (tertiary/aromatic N) is 4. The third kappa shape index (κ3) is 2.38. The first kappa shape index (κ1) is 15.7. The van der Waals surface area contributed by atoms with Gasteiger partial charge in [0.05, 0.1) is 18.1 Å². The molecule has 1 aliphatic heterocycles. The molecule has 0 saturated carbocycles. The van der Waals surface area contributed by atoms with Crippen molar-refractivity contribution in [3.63, 3.8) is 0 Å². The van der Waals surface area contributed by atoms with Crippen LogP contribution in [0, 0.1) is 5.92 Å². The van der Waals surface area contributed by atoms with Crippen LogP contribution in [-0.4, -0.2) is 38.2 Å². The van der Waals surface area contributed by atoms with Gasteiger partial charge in [-0.05, 0) is 24.0 Å². The molecule has 0 N–H and O–H groups in total. The lowest BCUT2D eigenvalue weighted by Crippen LogP contribution is -2.26. The Hall–Kier alpha value is -0.830. The Morgan fingerprint density at radius 3 is 2.70 bits per heavy atom. The number of thioether (sulfide) groups is 2. The van der Waals surface area contributed by atoms with Crippen LogP contribution in [0.25, 0.3) is 15.9 Å². The molecule has 3 aromatic rings. The Morgan fingerprint density at radius 2 is 2.00 bits per heavy atom. The molecule has 4 heterocycles. The Labute approximate surface area is 147 Å². The van der Waals surface area contributed by atoms with E-state index in [1.807, 2.05) is 12.5 Å². The summed E-state index contributed by atoms with van der Waals surface area (Å²) in [5, 5.41) is 11.8. The normalized spacial score (nSPS) is 18.2. The standard InChI is InChI=1S/C15H18N4OS3/c1-7(2)9-5-8-10(6-20-9)23-13-11(8)12-17-18-15(22-4)19(12)14(16-13)21-3/h7,9H,5-6H2,1-4H3. The summed E-state index contributed by atoms with van der Waals surface area (Å²) in [5.41, 5.74) is 2.30. The largest absolute Gasteiger partial charge is 0.372 e. The molecule has 0 radical (unpaired) electrons. The molecular formula is C15H18N4OS3. The van der Waals surface area contributed by atoms with Gasteiger partial charge in [0.15, 0.2) is 16.0 Å². The monoisotopic (exact) mass is 366 g/mol. The van der Waals surface area contributed by atoms with Crippen molar-refractivity contribution in [1.82, 2.24) is 19.6 Å². The topological polar surface area (TPSA) is 52.3 Å². The molecule has 23 heavy (non-hydrogen) atoms. The summed E-state index contributed by atoms with van der Waals surface area (Å²) in [4.78, 5) is 7.22. The quantitative estimate of drug-likeness (QED) is 0.518. The summed E-state index contributed by atoms with van der Waals surface area (Å²) in [5.74, 6) is 0.507. The maximum atomic E-state index is 6.02. The highest BCUT2D eigenvalue weighted by molar-refractivity contribution is 7.99. The molecule has 122 valence electrons. The first-order chi connectivity index (χ1) is 11.1. The highest BCUT2D eigenvalue weighted by Crippen LogP contribution is 2.39. The van der Waals surface area contributed by atoms with E-state index in [0.717, 1.165) is 27.2 Å². The van der Waals surface area contributed by atoms with E-state index in [9.17, 15) is 0 Å².